The highest BCUT2D eigenvalue weighted by Gasteiger charge is 2.20. The Morgan fingerprint density at radius 1 is 1.10 bits per heavy atom. The molecule has 2 aromatic rings. The molecule has 1 heterocycles. The van der Waals surface area contributed by atoms with E-state index in [1.54, 1.807) is 24.5 Å². The molecular weight excluding hydrogens is 268 g/mol. The lowest BCUT2D eigenvalue weighted by Gasteiger charge is -2.14. The molecule has 5 nitrogen and oxygen atoms in total. The summed E-state index contributed by atoms with van der Waals surface area (Å²) in [6.45, 7) is 0. The standard InChI is InChI=1S/C16H16N2O3/c19-15(10-13-7-4-8-17-11-13)18-14(16(20)21)9-12-5-2-1-3-6-12/h1-8,11,14H,9-10H2,(H,18,19)(H,20,21)/t14-/m0/s1. The van der Waals surface area contributed by atoms with Crippen molar-refractivity contribution in [1.29, 1.82) is 0 Å². The van der Waals surface area contributed by atoms with Gasteiger partial charge in [0, 0.05) is 18.8 Å². The minimum atomic E-state index is -1.04. The van der Waals surface area contributed by atoms with Crippen LogP contribution in [0.2, 0.25) is 0 Å². The van der Waals surface area contributed by atoms with Gasteiger partial charge in [-0.2, -0.15) is 0 Å². The van der Waals surface area contributed by atoms with E-state index in [1.807, 2.05) is 30.3 Å². The maximum atomic E-state index is 11.9. The quantitative estimate of drug-likeness (QED) is 0.841. The van der Waals surface area contributed by atoms with Crippen LogP contribution >= 0.6 is 0 Å². The average Bonchev–Trinajstić information content (AvgIpc) is 2.48. The number of aromatic nitrogens is 1. The Hall–Kier alpha value is -2.69. The zero-order chi connectivity index (χ0) is 15.1. The largest absolute Gasteiger partial charge is 0.480 e. The van der Waals surface area contributed by atoms with Gasteiger partial charge in [0.15, 0.2) is 0 Å². The van der Waals surface area contributed by atoms with E-state index in [2.05, 4.69) is 10.3 Å². The van der Waals surface area contributed by atoms with Crippen LogP contribution in [0.4, 0.5) is 0 Å². The van der Waals surface area contributed by atoms with Crippen molar-refractivity contribution < 1.29 is 14.7 Å². The van der Waals surface area contributed by atoms with Gasteiger partial charge < -0.3 is 10.4 Å². The van der Waals surface area contributed by atoms with E-state index in [0.717, 1.165) is 11.1 Å². The molecule has 108 valence electrons. The second-order valence-corrected chi connectivity index (χ2v) is 4.69. The van der Waals surface area contributed by atoms with Crippen molar-refractivity contribution in [3.63, 3.8) is 0 Å². The van der Waals surface area contributed by atoms with Crippen LogP contribution in [-0.4, -0.2) is 28.0 Å². The molecule has 1 aromatic heterocycles. The summed E-state index contributed by atoms with van der Waals surface area (Å²) in [7, 11) is 0. The lowest BCUT2D eigenvalue weighted by molar-refractivity contribution is -0.141. The highest BCUT2D eigenvalue weighted by molar-refractivity contribution is 5.85. The summed E-state index contributed by atoms with van der Waals surface area (Å²) in [5, 5.41) is 11.8. The first-order chi connectivity index (χ1) is 10.1. The third-order valence-corrected chi connectivity index (χ3v) is 3.00. The predicted octanol–water partition coefficient (Wildman–Crippen LogP) is 1.44. The maximum absolute atomic E-state index is 11.9. The van der Waals surface area contributed by atoms with E-state index >= 15 is 0 Å². The number of nitrogens with one attached hydrogen (secondary N) is 1. The summed E-state index contributed by atoms with van der Waals surface area (Å²) in [5.74, 6) is -1.37. The molecule has 5 heteroatoms. The van der Waals surface area contributed by atoms with Crippen LogP contribution < -0.4 is 5.32 Å². The van der Waals surface area contributed by atoms with E-state index in [1.165, 1.54) is 0 Å². The van der Waals surface area contributed by atoms with Gasteiger partial charge in [0.2, 0.25) is 5.91 Å². The number of carbonyl (C=O) groups excluding carboxylic acids is 1. The Balaban J connectivity index is 1.96. The number of nitrogens with zero attached hydrogens (tertiary/aromatic N) is 1. The van der Waals surface area contributed by atoms with Crippen molar-refractivity contribution in [3.8, 4) is 0 Å². The summed E-state index contributed by atoms with van der Waals surface area (Å²) >= 11 is 0. The van der Waals surface area contributed by atoms with Crippen LogP contribution in [0.1, 0.15) is 11.1 Å². The van der Waals surface area contributed by atoms with Gasteiger partial charge in [0.1, 0.15) is 6.04 Å². The number of hydrogen-bond donors (Lipinski definition) is 2. The molecule has 0 fully saturated rings. The van der Waals surface area contributed by atoms with E-state index < -0.39 is 12.0 Å². The fourth-order valence-electron chi connectivity index (χ4n) is 1.98. The smallest absolute Gasteiger partial charge is 0.326 e. The number of aliphatic carboxylic acids is 1. The molecule has 0 aliphatic rings. The molecule has 0 saturated heterocycles. The number of carboxylic acids is 1. The van der Waals surface area contributed by atoms with Gasteiger partial charge in [-0.1, -0.05) is 36.4 Å². The first-order valence-corrected chi connectivity index (χ1v) is 6.60. The monoisotopic (exact) mass is 284 g/mol. The molecule has 1 aromatic carbocycles. The molecular formula is C16H16N2O3. The van der Waals surface area contributed by atoms with Crippen molar-refractivity contribution >= 4 is 11.9 Å². The summed E-state index contributed by atoms with van der Waals surface area (Å²) in [4.78, 5) is 27.1. The minimum absolute atomic E-state index is 0.117. The van der Waals surface area contributed by atoms with Crippen molar-refractivity contribution in [2.75, 3.05) is 0 Å². The third kappa shape index (κ3) is 4.72. The normalized spacial score (nSPS) is 11.6. The lowest BCUT2D eigenvalue weighted by Crippen LogP contribution is -2.43. The summed E-state index contributed by atoms with van der Waals surface area (Å²) in [6, 6.07) is 11.8. The Morgan fingerprint density at radius 3 is 2.43 bits per heavy atom. The lowest BCUT2D eigenvalue weighted by atomic mass is 10.1. The number of hydrogen-bond acceptors (Lipinski definition) is 3. The number of carbonyl (C=O) groups is 2. The second kappa shape index (κ2) is 7.19. The summed E-state index contributed by atoms with van der Waals surface area (Å²) < 4.78 is 0. The number of pyridine rings is 1. The topological polar surface area (TPSA) is 79.3 Å². The molecule has 21 heavy (non-hydrogen) atoms. The molecule has 0 unspecified atom stereocenters. The van der Waals surface area contributed by atoms with Gasteiger partial charge >= 0.3 is 5.97 Å². The van der Waals surface area contributed by atoms with Gasteiger partial charge in [-0.05, 0) is 17.2 Å². The first kappa shape index (κ1) is 14.7. The van der Waals surface area contributed by atoms with Crippen LogP contribution in [0.3, 0.4) is 0 Å². The Bertz CT molecular complexity index is 599. The number of benzene rings is 1. The first-order valence-electron chi connectivity index (χ1n) is 6.60. The average molecular weight is 284 g/mol. The molecule has 0 aliphatic heterocycles. The van der Waals surface area contributed by atoms with Gasteiger partial charge in [-0.15, -0.1) is 0 Å². The van der Waals surface area contributed by atoms with Gasteiger partial charge in [-0.25, -0.2) is 4.79 Å². The maximum Gasteiger partial charge on any atom is 0.326 e. The van der Waals surface area contributed by atoms with Crippen LogP contribution in [0, 0.1) is 0 Å². The van der Waals surface area contributed by atoms with Crippen LogP contribution in [0.5, 0.6) is 0 Å². The molecule has 0 saturated carbocycles. The molecule has 0 spiro atoms. The van der Waals surface area contributed by atoms with Crippen LogP contribution in [-0.2, 0) is 22.4 Å². The molecule has 0 radical (unpaired) electrons. The fraction of sp³-hybridized carbons (Fsp3) is 0.188. The van der Waals surface area contributed by atoms with Crippen molar-refractivity contribution in [2.45, 2.75) is 18.9 Å². The summed E-state index contributed by atoms with van der Waals surface area (Å²) in [5.41, 5.74) is 1.62. The third-order valence-electron chi connectivity index (χ3n) is 3.00. The number of rotatable bonds is 6. The van der Waals surface area contributed by atoms with Gasteiger partial charge in [0.25, 0.3) is 0 Å². The van der Waals surface area contributed by atoms with Gasteiger partial charge in [-0.3, -0.25) is 9.78 Å². The highest BCUT2D eigenvalue weighted by atomic mass is 16.4. The van der Waals surface area contributed by atoms with Gasteiger partial charge in [0.05, 0.1) is 6.42 Å². The molecule has 2 N–H and O–H groups in total. The molecule has 0 bridgehead atoms. The molecule has 1 amide bonds. The Morgan fingerprint density at radius 2 is 1.81 bits per heavy atom. The van der Waals surface area contributed by atoms with E-state index in [9.17, 15) is 14.7 Å². The fourth-order valence-corrected chi connectivity index (χ4v) is 1.98. The zero-order valence-electron chi connectivity index (χ0n) is 11.4. The zero-order valence-corrected chi connectivity index (χ0v) is 11.4. The van der Waals surface area contributed by atoms with Crippen LogP contribution in [0.15, 0.2) is 54.9 Å². The number of amides is 1. The van der Waals surface area contributed by atoms with Crippen molar-refractivity contribution in [3.05, 3.63) is 66.0 Å². The van der Waals surface area contributed by atoms with Crippen molar-refractivity contribution in [2.24, 2.45) is 0 Å². The van der Waals surface area contributed by atoms with E-state index in [4.69, 9.17) is 0 Å². The van der Waals surface area contributed by atoms with Crippen molar-refractivity contribution in [1.82, 2.24) is 10.3 Å². The molecule has 0 aliphatic carbocycles. The number of carboxylic acid groups (broad SMARTS) is 1. The Kier molecular flexibility index (Phi) is 5.04. The Labute approximate surface area is 122 Å². The SMILES string of the molecule is O=C(Cc1cccnc1)N[C@@H](Cc1ccccc1)C(=O)O. The second-order valence-electron chi connectivity index (χ2n) is 4.69. The minimum Gasteiger partial charge on any atom is -0.480 e. The highest BCUT2D eigenvalue weighted by Crippen LogP contribution is 2.04. The summed E-state index contributed by atoms with van der Waals surface area (Å²) in [6.07, 6.45) is 3.59. The van der Waals surface area contributed by atoms with E-state index in [-0.39, 0.29) is 18.7 Å². The predicted molar refractivity (Wildman–Crippen MR) is 77.7 cm³/mol. The molecule has 1 atom stereocenters. The molecule has 2 rings (SSSR count). The van der Waals surface area contributed by atoms with Crippen LogP contribution in [0.25, 0.3) is 0 Å². The van der Waals surface area contributed by atoms with E-state index in [0.29, 0.717) is 0 Å².